The first kappa shape index (κ1) is 10.5. The zero-order chi connectivity index (χ0) is 10.6. The van der Waals surface area contributed by atoms with E-state index in [4.69, 9.17) is 0 Å². The van der Waals surface area contributed by atoms with Crippen molar-refractivity contribution in [3.8, 4) is 0 Å². The molecule has 0 unspecified atom stereocenters. The molecule has 8 nitrogen and oxygen atoms in total. The van der Waals surface area contributed by atoms with E-state index in [0.29, 0.717) is 12.8 Å². The van der Waals surface area contributed by atoms with E-state index in [9.17, 15) is 20.2 Å². The van der Waals surface area contributed by atoms with Crippen molar-refractivity contribution in [2.75, 3.05) is 0 Å². The van der Waals surface area contributed by atoms with E-state index in [-0.39, 0.29) is 0 Å². The van der Waals surface area contributed by atoms with Gasteiger partial charge in [0.1, 0.15) is 12.2 Å². The summed E-state index contributed by atoms with van der Waals surface area (Å²) in [5.41, 5.74) is 0. The van der Waals surface area contributed by atoms with Gasteiger partial charge in [0.05, 0.1) is 0 Å². The summed E-state index contributed by atoms with van der Waals surface area (Å²) in [4.78, 5) is 28.7. The first-order valence-corrected chi connectivity index (χ1v) is 4.22. The largest absolute Gasteiger partial charge is 0.308 e. The molecule has 14 heavy (non-hydrogen) atoms. The molecule has 0 heterocycles. The Hall–Kier alpha value is -1.60. The summed E-state index contributed by atoms with van der Waals surface area (Å²) in [7, 11) is 0. The molecule has 0 radical (unpaired) electrons. The van der Waals surface area contributed by atoms with Crippen LogP contribution in [0.2, 0.25) is 0 Å². The van der Waals surface area contributed by atoms with Crippen molar-refractivity contribution in [2.24, 2.45) is 0 Å². The van der Waals surface area contributed by atoms with Crippen LogP contribution >= 0.6 is 0 Å². The van der Waals surface area contributed by atoms with Gasteiger partial charge in [0.25, 0.3) is 10.2 Å². The molecule has 1 rings (SSSR count). The van der Waals surface area contributed by atoms with Gasteiger partial charge < -0.3 is 9.68 Å². The van der Waals surface area contributed by atoms with Gasteiger partial charge in [0.2, 0.25) is 0 Å². The van der Waals surface area contributed by atoms with Crippen molar-refractivity contribution in [2.45, 2.75) is 37.9 Å². The summed E-state index contributed by atoms with van der Waals surface area (Å²) in [5, 5.41) is 18.2. The maximum absolute atomic E-state index is 10.1. The van der Waals surface area contributed by atoms with Crippen molar-refractivity contribution in [3.05, 3.63) is 20.2 Å². The molecule has 0 N–H and O–H groups in total. The zero-order valence-electron chi connectivity index (χ0n) is 7.33. The van der Waals surface area contributed by atoms with Crippen LogP contribution in [0, 0.1) is 20.2 Å². The van der Waals surface area contributed by atoms with Crippen LogP contribution in [0.15, 0.2) is 0 Å². The van der Waals surface area contributed by atoms with Crippen LogP contribution in [-0.2, 0) is 9.68 Å². The van der Waals surface area contributed by atoms with E-state index >= 15 is 0 Å². The highest BCUT2D eigenvalue weighted by Gasteiger charge is 2.30. The minimum absolute atomic E-state index is 0.416. The molecule has 1 aliphatic carbocycles. The minimum Gasteiger partial charge on any atom is -0.308 e. The van der Waals surface area contributed by atoms with Crippen LogP contribution in [-0.4, -0.2) is 22.4 Å². The Balaban J connectivity index is 2.49. The average Bonchev–Trinajstić information content (AvgIpc) is 2.06. The second kappa shape index (κ2) is 4.58. The van der Waals surface area contributed by atoms with Crippen LogP contribution in [0.25, 0.3) is 0 Å². The summed E-state index contributed by atoms with van der Waals surface area (Å²) < 4.78 is 0. The number of nitrogens with zero attached hydrogens (tertiary/aromatic N) is 2. The topological polar surface area (TPSA) is 105 Å². The monoisotopic (exact) mass is 206 g/mol. The Labute approximate surface area is 79.0 Å². The van der Waals surface area contributed by atoms with Gasteiger partial charge in [-0.25, -0.2) is 0 Å². The summed E-state index contributed by atoms with van der Waals surface area (Å²) in [6.07, 6.45) is 0.721. The van der Waals surface area contributed by atoms with Gasteiger partial charge in [-0.05, 0) is 12.8 Å². The second-order valence-corrected chi connectivity index (χ2v) is 3.02. The standard InChI is InChI=1S/C6H10N2O6/c9-7(10)13-5-3-1-2-4-6(5)14-8(11)12/h5-6H,1-4H2/t5-,6-/m1/s1. The van der Waals surface area contributed by atoms with Crippen molar-refractivity contribution in [1.29, 1.82) is 0 Å². The molecule has 1 fully saturated rings. The second-order valence-electron chi connectivity index (χ2n) is 3.02. The van der Waals surface area contributed by atoms with E-state index < -0.39 is 22.4 Å². The molecule has 80 valence electrons. The van der Waals surface area contributed by atoms with E-state index in [0.717, 1.165) is 12.8 Å². The zero-order valence-corrected chi connectivity index (χ0v) is 7.33. The van der Waals surface area contributed by atoms with Crippen molar-refractivity contribution < 1.29 is 19.8 Å². The third-order valence-corrected chi connectivity index (χ3v) is 2.08. The quantitative estimate of drug-likeness (QED) is 0.495. The van der Waals surface area contributed by atoms with Crippen molar-refractivity contribution in [1.82, 2.24) is 0 Å². The number of rotatable bonds is 4. The van der Waals surface area contributed by atoms with Crippen LogP contribution in [0.4, 0.5) is 0 Å². The van der Waals surface area contributed by atoms with E-state index in [2.05, 4.69) is 9.68 Å². The van der Waals surface area contributed by atoms with Gasteiger partial charge >= 0.3 is 0 Å². The summed E-state index contributed by atoms with van der Waals surface area (Å²) >= 11 is 0. The molecule has 0 aromatic carbocycles. The molecule has 0 amide bonds. The fraction of sp³-hybridized carbons (Fsp3) is 1.00. The molecule has 0 spiro atoms. The first-order valence-electron chi connectivity index (χ1n) is 4.22. The molecule has 0 saturated heterocycles. The Morgan fingerprint density at radius 2 is 1.29 bits per heavy atom. The third kappa shape index (κ3) is 3.04. The molecule has 1 aliphatic rings. The van der Waals surface area contributed by atoms with Gasteiger partial charge in [0, 0.05) is 0 Å². The molecule has 0 aromatic heterocycles. The maximum atomic E-state index is 10.1. The molecule has 0 aliphatic heterocycles. The normalized spacial score (nSPS) is 26.6. The lowest BCUT2D eigenvalue weighted by atomic mass is 9.95. The smallest absolute Gasteiger partial charge is 0.294 e. The van der Waals surface area contributed by atoms with Crippen LogP contribution < -0.4 is 0 Å². The fourth-order valence-electron chi connectivity index (χ4n) is 1.53. The van der Waals surface area contributed by atoms with Gasteiger partial charge in [-0.3, -0.25) is 0 Å². The van der Waals surface area contributed by atoms with Crippen molar-refractivity contribution in [3.63, 3.8) is 0 Å². The van der Waals surface area contributed by atoms with E-state index in [1.54, 1.807) is 0 Å². The van der Waals surface area contributed by atoms with Gasteiger partial charge in [0.15, 0.2) is 0 Å². The molecule has 8 heteroatoms. The van der Waals surface area contributed by atoms with Crippen LogP contribution in [0.1, 0.15) is 25.7 Å². The van der Waals surface area contributed by atoms with Crippen molar-refractivity contribution >= 4 is 0 Å². The molecule has 0 bridgehead atoms. The molecule has 0 aromatic rings. The van der Waals surface area contributed by atoms with E-state index in [1.807, 2.05) is 0 Å². The average molecular weight is 206 g/mol. The lowest BCUT2D eigenvalue weighted by Crippen LogP contribution is -2.37. The lowest BCUT2D eigenvalue weighted by Gasteiger charge is -2.27. The Bertz CT molecular complexity index is 208. The van der Waals surface area contributed by atoms with Gasteiger partial charge in [-0.1, -0.05) is 12.8 Å². The molecular formula is C6H10N2O6. The molecular weight excluding hydrogens is 196 g/mol. The first-order chi connectivity index (χ1) is 6.59. The SMILES string of the molecule is O=[N+]([O-])O[C@@H]1CCCC[C@H]1O[N+](=O)[O-]. The summed E-state index contributed by atoms with van der Waals surface area (Å²) in [5.74, 6) is 0. The molecule has 1 saturated carbocycles. The van der Waals surface area contributed by atoms with Crippen LogP contribution in [0.3, 0.4) is 0 Å². The maximum Gasteiger partial charge on any atom is 0.294 e. The summed E-state index contributed by atoms with van der Waals surface area (Å²) in [6, 6.07) is 0. The number of hydrogen-bond acceptors (Lipinski definition) is 6. The van der Waals surface area contributed by atoms with Gasteiger partial charge in [-0.15, -0.1) is 20.2 Å². The van der Waals surface area contributed by atoms with Gasteiger partial charge in [-0.2, -0.15) is 0 Å². The van der Waals surface area contributed by atoms with Crippen LogP contribution in [0.5, 0.6) is 0 Å². The number of hydrogen-bond donors (Lipinski definition) is 0. The summed E-state index contributed by atoms with van der Waals surface area (Å²) in [6.45, 7) is 0. The highest BCUT2D eigenvalue weighted by molar-refractivity contribution is 4.74. The highest BCUT2D eigenvalue weighted by Crippen LogP contribution is 2.23. The third-order valence-electron chi connectivity index (χ3n) is 2.08. The van der Waals surface area contributed by atoms with E-state index in [1.165, 1.54) is 0 Å². The predicted octanol–water partition coefficient (Wildman–Crippen LogP) is 0.714. The predicted molar refractivity (Wildman–Crippen MR) is 42.2 cm³/mol. The molecule has 2 atom stereocenters. The Kier molecular flexibility index (Phi) is 3.43. The lowest BCUT2D eigenvalue weighted by molar-refractivity contribution is -0.800. The Morgan fingerprint density at radius 1 is 0.929 bits per heavy atom. The highest BCUT2D eigenvalue weighted by atomic mass is 17.0. The Morgan fingerprint density at radius 3 is 1.57 bits per heavy atom. The fourth-order valence-corrected chi connectivity index (χ4v) is 1.53. The minimum atomic E-state index is -0.938.